The fraction of sp³-hybridized carbons (Fsp3) is 0.308. The maximum absolute atomic E-state index is 5.84. The lowest BCUT2D eigenvalue weighted by Gasteiger charge is -1.99. The van der Waals surface area contributed by atoms with Crippen LogP contribution in [-0.4, -0.2) is 4.98 Å². The third-order valence-electron chi connectivity index (χ3n) is 2.50. The second kappa shape index (κ2) is 4.98. The number of aromatic nitrogens is 1. The van der Waals surface area contributed by atoms with Gasteiger partial charge in [0.2, 0.25) is 0 Å². The molecule has 0 spiro atoms. The Labute approximate surface area is 105 Å². The summed E-state index contributed by atoms with van der Waals surface area (Å²) in [5.74, 6) is 0.567. The molecule has 0 bridgehead atoms. The van der Waals surface area contributed by atoms with Crippen molar-refractivity contribution in [3.8, 4) is 0 Å². The van der Waals surface area contributed by atoms with Crippen molar-refractivity contribution in [1.82, 2.24) is 4.98 Å². The molecule has 0 aliphatic carbocycles. The van der Waals surface area contributed by atoms with Crippen LogP contribution in [0.2, 0.25) is 0 Å². The Kier molecular flexibility index (Phi) is 3.62. The van der Waals surface area contributed by atoms with Gasteiger partial charge in [-0.15, -0.1) is 22.9 Å². The lowest BCUT2D eigenvalue weighted by molar-refractivity contribution is 1.09. The molecule has 0 unspecified atom stereocenters. The van der Waals surface area contributed by atoms with Gasteiger partial charge in [0.05, 0.1) is 16.6 Å². The second-order valence-corrected chi connectivity index (χ2v) is 5.35. The van der Waals surface area contributed by atoms with Crippen LogP contribution in [0.1, 0.15) is 26.7 Å². The zero-order chi connectivity index (χ0) is 11.5. The van der Waals surface area contributed by atoms with Crippen molar-refractivity contribution < 1.29 is 0 Å². The summed E-state index contributed by atoms with van der Waals surface area (Å²) in [5, 5.41) is 1.15. The third kappa shape index (κ3) is 2.63. The number of rotatable bonds is 3. The molecule has 0 saturated carbocycles. The summed E-state index contributed by atoms with van der Waals surface area (Å²) in [6.07, 6.45) is 0.907. The van der Waals surface area contributed by atoms with Gasteiger partial charge in [-0.05, 0) is 19.4 Å². The number of hydrogen-bond acceptors (Lipinski definition) is 2. The van der Waals surface area contributed by atoms with E-state index < -0.39 is 0 Å². The van der Waals surface area contributed by atoms with E-state index in [1.807, 2.05) is 6.92 Å². The molecule has 2 aromatic rings. The largest absolute Gasteiger partial charge is 0.246 e. The van der Waals surface area contributed by atoms with Gasteiger partial charge in [0.15, 0.2) is 0 Å². The van der Waals surface area contributed by atoms with Gasteiger partial charge in [-0.3, -0.25) is 0 Å². The Balaban J connectivity index is 2.20. The van der Waals surface area contributed by atoms with Crippen molar-refractivity contribution in [3.05, 3.63) is 51.0 Å². The maximum atomic E-state index is 5.84. The Hall–Kier alpha value is -0.860. The van der Waals surface area contributed by atoms with Crippen LogP contribution in [0.3, 0.4) is 0 Å². The molecular formula is C13H14ClNS. The quantitative estimate of drug-likeness (QED) is 0.749. The number of alkyl halides is 1. The van der Waals surface area contributed by atoms with Gasteiger partial charge in [0.25, 0.3) is 0 Å². The number of hydrogen-bond donors (Lipinski definition) is 0. The molecule has 0 fully saturated rings. The summed E-state index contributed by atoms with van der Waals surface area (Å²) in [7, 11) is 0. The molecule has 16 heavy (non-hydrogen) atoms. The number of benzene rings is 1. The Morgan fingerprint density at radius 1 is 1.31 bits per heavy atom. The normalized spacial score (nSPS) is 10.7. The molecule has 0 atom stereocenters. The summed E-state index contributed by atoms with van der Waals surface area (Å²) in [6.45, 7) is 4.13. The highest BCUT2D eigenvalue weighted by Crippen LogP contribution is 2.22. The van der Waals surface area contributed by atoms with Gasteiger partial charge in [0, 0.05) is 11.3 Å². The molecule has 2 rings (SSSR count). The lowest BCUT2D eigenvalue weighted by Crippen LogP contribution is -1.87. The first kappa shape index (κ1) is 11.6. The molecule has 0 amide bonds. The molecule has 1 heterocycles. The molecule has 1 aromatic heterocycles. The number of nitrogens with zero attached hydrogens (tertiary/aromatic N) is 1. The molecule has 1 aromatic carbocycles. The zero-order valence-corrected chi connectivity index (χ0v) is 11.0. The van der Waals surface area contributed by atoms with Crippen LogP contribution in [-0.2, 0) is 12.3 Å². The van der Waals surface area contributed by atoms with Crippen molar-refractivity contribution in [2.24, 2.45) is 0 Å². The smallest absolute Gasteiger partial charge is 0.0975 e. The number of aryl methyl sites for hydroxylation is 2. The maximum Gasteiger partial charge on any atom is 0.0975 e. The molecule has 84 valence electrons. The summed E-state index contributed by atoms with van der Waals surface area (Å²) < 4.78 is 0. The lowest BCUT2D eigenvalue weighted by atomic mass is 10.1. The van der Waals surface area contributed by atoms with Gasteiger partial charge in [-0.1, -0.05) is 29.8 Å². The van der Waals surface area contributed by atoms with Gasteiger partial charge in [-0.25, -0.2) is 4.98 Å². The number of halogens is 1. The first-order valence-electron chi connectivity index (χ1n) is 5.25. The molecule has 3 heteroatoms. The van der Waals surface area contributed by atoms with Gasteiger partial charge in [0.1, 0.15) is 0 Å². The van der Waals surface area contributed by atoms with Crippen molar-refractivity contribution in [3.63, 3.8) is 0 Å². The fourth-order valence-electron chi connectivity index (χ4n) is 1.68. The van der Waals surface area contributed by atoms with Crippen LogP contribution in [0.25, 0.3) is 0 Å². The van der Waals surface area contributed by atoms with E-state index in [0.717, 1.165) is 17.1 Å². The van der Waals surface area contributed by atoms with E-state index in [1.54, 1.807) is 11.3 Å². The minimum atomic E-state index is 0.567. The summed E-state index contributed by atoms with van der Waals surface area (Å²) >= 11 is 7.56. The first-order valence-corrected chi connectivity index (χ1v) is 6.61. The average molecular weight is 252 g/mol. The van der Waals surface area contributed by atoms with E-state index in [-0.39, 0.29) is 0 Å². The van der Waals surface area contributed by atoms with E-state index in [4.69, 9.17) is 11.6 Å². The highest BCUT2D eigenvalue weighted by Gasteiger charge is 2.07. The van der Waals surface area contributed by atoms with Crippen molar-refractivity contribution in [1.29, 1.82) is 0 Å². The predicted molar refractivity (Wildman–Crippen MR) is 70.4 cm³/mol. The van der Waals surface area contributed by atoms with E-state index in [0.29, 0.717) is 5.88 Å². The monoisotopic (exact) mass is 251 g/mol. The van der Waals surface area contributed by atoms with Crippen molar-refractivity contribution in [2.45, 2.75) is 26.1 Å². The van der Waals surface area contributed by atoms with E-state index in [2.05, 4.69) is 36.2 Å². The molecule has 0 N–H and O–H groups in total. The molecule has 0 aliphatic heterocycles. The van der Waals surface area contributed by atoms with Crippen LogP contribution < -0.4 is 0 Å². The van der Waals surface area contributed by atoms with E-state index in [9.17, 15) is 0 Å². The number of thiazole rings is 1. The van der Waals surface area contributed by atoms with Crippen LogP contribution in [0.4, 0.5) is 0 Å². The van der Waals surface area contributed by atoms with Crippen LogP contribution >= 0.6 is 22.9 Å². The summed E-state index contributed by atoms with van der Waals surface area (Å²) in [6, 6.07) is 8.55. The minimum Gasteiger partial charge on any atom is -0.246 e. The Bertz CT molecular complexity index is 490. The molecule has 0 saturated heterocycles. The third-order valence-corrected chi connectivity index (χ3v) is 4.08. The highest BCUT2D eigenvalue weighted by molar-refractivity contribution is 7.12. The van der Waals surface area contributed by atoms with Gasteiger partial charge in [-0.2, -0.15) is 0 Å². The van der Waals surface area contributed by atoms with Crippen LogP contribution in [0.15, 0.2) is 24.3 Å². The molecule has 0 radical (unpaired) electrons. The molecule has 0 aliphatic rings. The fourth-order valence-corrected chi connectivity index (χ4v) is 3.00. The second-order valence-electron chi connectivity index (χ2n) is 3.92. The van der Waals surface area contributed by atoms with Crippen molar-refractivity contribution in [2.75, 3.05) is 0 Å². The Morgan fingerprint density at radius 2 is 2.12 bits per heavy atom. The van der Waals surface area contributed by atoms with Gasteiger partial charge >= 0.3 is 0 Å². The average Bonchev–Trinajstić information content (AvgIpc) is 2.58. The summed E-state index contributed by atoms with van der Waals surface area (Å²) in [4.78, 5) is 5.73. The Morgan fingerprint density at radius 3 is 2.75 bits per heavy atom. The van der Waals surface area contributed by atoms with Crippen molar-refractivity contribution >= 4 is 22.9 Å². The molecule has 1 nitrogen and oxygen atoms in total. The highest BCUT2D eigenvalue weighted by atomic mass is 35.5. The topological polar surface area (TPSA) is 12.9 Å². The first-order chi connectivity index (χ1) is 7.69. The van der Waals surface area contributed by atoms with E-state index >= 15 is 0 Å². The van der Waals surface area contributed by atoms with Crippen LogP contribution in [0, 0.1) is 13.8 Å². The zero-order valence-electron chi connectivity index (χ0n) is 9.46. The molecular weight excluding hydrogens is 238 g/mol. The SMILES string of the molecule is Cc1cccc(Cc2nc(C)c(CCl)s2)c1. The van der Waals surface area contributed by atoms with E-state index in [1.165, 1.54) is 16.0 Å². The predicted octanol–water partition coefficient (Wildman–Crippen LogP) is 4.09. The minimum absolute atomic E-state index is 0.567. The van der Waals surface area contributed by atoms with Gasteiger partial charge < -0.3 is 0 Å². The standard InChI is InChI=1S/C13H14ClNS/c1-9-4-3-5-11(6-9)7-13-15-10(2)12(8-14)16-13/h3-6H,7-8H2,1-2H3. The van der Waals surface area contributed by atoms with Crippen LogP contribution in [0.5, 0.6) is 0 Å². The summed E-state index contributed by atoms with van der Waals surface area (Å²) in [5.41, 5.74) is 3.68.